The molecule has 1 aliphatic rings. The second kappa shape index (κ2) is 13.2. The van der Waals surface area contributed by atoms with Crippen LogP contribution in [-0.2, 0) is 24.4 Å². The fourth-order valence-corrected chi connectivity index (χ4v) is 5.61. The van der Waals surface area contributed by atoms with Gasteiger partial charge in [-0.25, -0.2) is 4.39 Å². The zero-order chi connectivity index (χ0) is 30.5. The number of aliphatic carboxylic acids is 1. The molecular weight excluding hydrogens is 569 g/mol. The van der Waals surface area contributed by atoms with Crippen molar-refractivity contribution in [2.45, 2.75) is 52.0 Å². The number of carboxylic acid groups (broad SMARTS) is 1. The average molecular weight is 600 g/mol. The number of carboxylic acids is 1. The lowest BCUT2D eigenvalue weighted by Gasteiger charge is -2.21. The number of hydrogen-bond acceptors (Lipinski definition) is 6. The monoisotopic (exact) mass is 599 g/mol. The lowest BCUT2D eigenvalue weighted by atomic mass is 9.96. The molecule has 0 aliphatic heterocycles. The minimum absolute atomic E-state index is 0.126. The van der Waals surface area contributed by atoms with E-state index in [1.54, 1.807) is 36.5 Å². The van der Waals surface area contributed by atoms with Gasteiger partial charge in [0, 0.05) is 41.7 Å². The molecule has 0 saturated carbocycles. The van der Waals surface area contributed by atoms with Crippen LogP contribution in [0.4, 0.5) is 4.39 Å². The Labute approximate surface area is 254 Å². The van der Waals surface area contributed by atoms with Crippen LogP contribution < -0.4 is 14.8 Å². The highest BCUT2D eigenvalue weighted by Gasteiger charge is 2.28. The smallest absolute Gasteiger partial charge is 0.320 e. The number of nitriles is 1. The number of fused-ring (bicyclic) bond motifs is 1. The first-order valence-corrected chi connectivity index (χ1v) is 14.4. The summed E-state index contributed by atoms with van der Waals surface area (Å²) >= 11 is 6.73. The summed E-state index contributed by atoms with van der Waals surface area (Å²) in [4.78, 5) is 15.9. The van der Waals surface area contributed by atoms with Crippen molar-refractivity contribution in [2.75, 3.05) is 0 Å². The Kier molecular flexibility index (Phi) is 9.24. The topological polar surface area (TPSA) is 104 Å². The highest BCUT2D eigenvalue weighted by atomic mass is 35.5. The molecule has 3 aromatic carbocycles. The van der Waals surface area contributed by atoms with Gasteiger partial charge in [-0.05, 0) is 53.6 Å². The molecular formula is C34H31ClFN3O4. The van der Waals surface area contributed by atoms with Crippen LogP contribution in [0.5, 0.6) is 11.5 Å². The van der Waals surface area contributed by atoms with Gasteiger partial charge in [0.05, 0.1) is 10.6 Å². The van der Waals surface area contributed by atoms with E-state index in [9.17, 15) is 19.6 Å². The lowest BCUT2D eigenvalue weighted by Crippen LogP contribution is -2.40. The maximum Gasteiger partial charge on any atom is 0.320 e. The van der Waals surface area contributed by atoms with Gasteiger partial charge in [0.25, 0.3) is 0 Å². The SMILES string of the molecule is CC(C)C(NCc1cc(Cl)c(O[C@H]2CCc3c(-c4ccccc4F)cccc32)cc1OCc1cncc(C#N)c1)C(=O)O. The Balaban J connectivity index is 1.43. The highest BCUT2D eigenvalue weighted by molar-refractivity contribution is 6.32. The summed E-state index contributed by atoms with van der Waals surface area (Å²) in [6, 6.07) is 19.0. The normalized spacial score (nSPS) is 14.7. The second-order valence-electron chi connectivity index (χ2n) is 10.8. The third-order valence-electron chi connectivity index (χ3n) is 7.53. The van der Waals surface area contributed by atoms with Crippen LogP contribution in [-0.4, -0.2) is 22.1 Å². The molecule has 0 bridgehead atoms. The lowest BCUT2D eigenvalue weighted by molar-refractivity contribution is -0.140. The van der Waals surface area contributed by atoms with E-state index in [4.69, 9.17) is 21.1 Å². The minimum atomic E-state index is -0.947. The molecule has 1 aliphatic carbocycles. The van der Waals surface area contributed by atoms with Crippen molar-refractivity contribution in [1.82, 2.24) is 10.3 Å². The molecule has 0 amide bonds. The summed E-state index contributed by atoms with van der Waals surface area (Å²) in [5.74, 6) is -0.487. The molecule has 1 unspecified atom stereocenters. The number of pyridine rings is 1. The molecule has 0 radical (unpaired) electrons. The first-order valence-electron chi connectivity index (χ1n) is 14.0. The molecule has 0 fully saturated rings. The Morgan fingerprint density at radius 3 is 2.67 bits per heavy atom. The van der Waals surface area contributed by atoms with Crippen LogP contribution in [0.25, 0.3) is 11.1 Å². The Hall–Kier alpha value is -4.45. The van der Waals surface area contributed by atoms with Crippen LogP contribution >= 0.6 is 11.6 Å². The van der Waals surface area contributed by atoms with Crippen molar-refractivity contribution < 1.29 is 23.8 Å². The largest absolute Gasteiger partial charge is 0.488 e. The van der Waals surface area contributed by atoms with E-state index < -0.39 is 12.0 Å². The van der Waals surface area contributed by atoms with Gasteiger partial charge in [0.1, 0.15) is 42.1 Å². The maximum atomic E-state index is 14.6. The quantitative estimate of drug-likeness (QED) is 0.187. The van der Waals surface area contributed by atoms with Gasteiger partial charge < -0.3 is 14.6 Å². The van der Waals surface area contributed by atoms with Gasteiger partial charge in [-0.15, -0.1) is 0 Å². The van der Waals surface area contributed by atoms with Crippen molar-refractivity contribution in [1.29, 1.82) is 5.26 Å². The third-order valence-corrected chi connectivity index (χ3v) is 7.82. The summed E-state index contributed by atoms with van der Waals surface area (Å²) in [7, 11) is 0. The minimum Gasteiger partial charge on any atom is -0.488 e. The van der Waals surface area contributed by atoms with E-state index in [1.165, 1.54) is 12.3 Å². The fraction of sp³-hybridized carbons (Fsp3) is 0.265. The van der Waals surface area contributed by atoms with Gasteiger partial charge in [0.15, 0.2) is 0 Å². The number of nitrogens with zero attached hydrogens (tertiary/aromatic N) is 2. The number of rotatable bonds is 11. The van der Waals surface area contributed by atoms with E-state index in [0.29, 0.717) is 45.2 Å². The fourth-order valence-electron chi connectivity index (χ4n) is 5.38. The first kappa shape index (κ1) is 30.0. The molecule has 0 spiro atoms. The predicted octanol–water partition coefficient (Wildman–Crippen LogP) is 7.26. The molecule has 220 valence electrons. The van der Waals surface area contributed by atoms with Crippen LogP contribution in [0.3, 0.4) is 0 Å². The summed E-state index contributed by atoms with van der Waals surface area (Å²) in [6.45, 7) is 3.99. The van der Waals surface area contributed by atoms with Crippen molar-refractivity contribution in [3.63, 3.8) is 0 Å². The number of aromatic nitrogens is 1. The number of benzene rings is 3. The molecule has 9 heteroatoms. The maximum absolute atomic E-state index is 14.6. The standard InChI is InChI=1S/C34H31ClFN3O4/c1-20(2)33(34(40)41)39-18-23-13-28(35)32(14-31(23)42-19-22-12-21(15-37)16-38-17-22)43-30-11-10-25-24(7-5-8-27(25)30)26-6-3-4-9-29(26)36/h3-9,12-14,16-17,20,30,33,39H,10-11,18-19H2,1-2H3,(H,40,41)/t30-,33?/m0/s1. The Morgan fingerprint density at radius 1 is 1.14 bits per heavy atom. The van der Waals surface area contributed by atoms with E-state index in [1.807, 2.05) is 38.1 Å². The summed E-state index contributed by atoms with van der Waals surface area (Å²) < 4.78 is 27.3. The molecule has 4 aromatic rings. The summed E-state index contributed by atoms with van der Waals surface area (Å²) in [5.41, 5.74) is 5.20. The number of nitrogens with one attached hydrogen (secondary N) is 1. The number of hydrogen-bond donors (Lipinski definition) is 2. The molecule has 2 atom stereocenters. The number of halogens is 2. The van der Waals surface area contributed by atoms with E-state index in [-0.39, 0.29) is 31.0 Å². The highest BCUT2D eigenvalue weighted by Crippen LogP contribution is 2.43. The van der Waals surface area contributed by atoms with Gasteiger partial charge in [-0.3, -0.25) is 15.1 Å². The van der Waals surface area contributed by atoms with Gasteiger partial charge in [0.2, 0.25) is 0 Å². The Morgan fingerprint density at radius 2 is 1.93 bits per heavy atom. The third kappa shape index (κ3) is 6.80. The number of carbonyl (C=O) groups is 1. The molecule has 1 aromatic heterocycles. The average Bonchev–Trinajstić information content (AvgIpc) is 3.40. The zero-order valence-corrected chi connectivity index (χ0v) is 24.6. The van der Waals surface area contributed by atoms with Crippen molar-refractivity contribution >= 4 is 17.6 Å². The molecule has 2 N–H and O–H groups in total. The van der Waals surface area contributed by atoms with Crippen LogP contribution in [0.2, 0.25) is 5.02 Å². The van der Waals surface area contributed by atoms with Crippen LogP contribution in [0, 0.1) is 23.1 Å². The second-order valence-corrected chi connectivity index (χ2v) is 11.2. The summed E-state index contributed by atoms with van der Waals surface area (Å²) in [6.07, 6.45) is 4.21. The van der Waals surface area contributed by atoms with Crippen molar-refractivity contribution in [2.24, 2.45) is 5.92 Å². The predicted molar refractivity (Wildman–Crippen MR) is 161 cm³/mol. The molecule has 1 heterocycles. The van der Waals surface area contributed by atoms with E-state index in [0.717, 1.165) is 23.1 Å². The van der Waals surface area contributed by atoms with Crippen LogP contribution in [0.1, 0.15) is 54.2 Å². The van der Waals surface area contributed by atoms with Crippen LogP contribution in [0.15, 0.2) is 73.1 Å². The van der Waals surface area contributed by atoms with Crippen molar-refractivity contribution in [3.8, 4) is 28.7 Å². The van der Waals surface area contributed by atoms with Gasteiger partial charge in [-0.2, -0.15) is 5.26 Å². The number of ether oxygens (including phenoxy) is 2. The molecule has 43 heavy (non-hydrogen) atoms. The molecule has 7 nitrogen and oxygen atoms in total. The summed E-state index contributed by atoms with van der Waals surface area (Å²) in [5, 5.41) is 22.3. The molecule has 0 saturated heterocycles. The molecule has 5 rings (SSSR count). The first-order chi connectivity index (χ1) is 20.7. The van der Waals surface area contributed by atoms with E-state index >= 15 is 0 Å². The zero-order valence-electron chi connectivity index (χ0n) is 23.8. The van der Waals surface area contributed by atoms with Gasteiger partial charge in [-0.1, -0.05) is 61.8 Å². The Bertz CT molecular complexity index is 1690. The van der Waals surface area contributed by atoms with Crippen molar-refractivity contribution in [3.05, 3.63) is 112 Å². The van der Waals surface area contributed by atoms with E-state index in [2.05, 4.69) is 16.4 Å². The van der Waals surface area contributed by atoms with Gasteiger partial charge >= 0.3 is 5.97 Å².